The van der Waals surface area contributed by atoms with Crippen molar-refractivity contribution in [3.63, 3.8) is 0 Å². The molecule has 0 aromatic heterocycles. The Morgan fingerprint density at radius 3 is 2.34 bits per heavy atom. The van der Waals surface area contributed by atoms with Gasteiger partial charge in [0.25, 0.3) is 0 Å². The Morgan fingerprint density at radius 1 is 1.09 bits per heavy atom. The molecular formula is C23H35N3O5S. The zero-order chi connectivity index (χ0) is 23.3. The van der Waals surface area contributed by atoms with Crippen LogP contribution in [0.1, 0.15) is 52.9 Å². The van der Waals surface area contributed by atoms with Gasteiger partial charge in [-0.05, 0) is 50.8 Å². The number of carbonyl (C=O) groups is 2. The second kappa shape index (κ2) is 10.7. The van der Waals surface area contributed by atoms with Crippen LogP contribution < -0.4 is 10.1 Å². The summed E-state index contributed by atoms with van der Waals surface area (Å²) >= 11 is 0. The lowest BCUT2D eigenvalue weighted by Gasteiger charge is -2.32. The van der Waals surface area contributed by atoms with Gasteiger partial charge in [0.2, 0.25) is 21.8 Å². The van der Waals surface area contributed by atoms with Crippen molar-refractivity contribution in [3.8, 4) is 5.75 Å². The van der Waals surface area contributed by atoms with Gasteiger partial charge in [0.1, 0.15) is 5.75 Å². The zero-order valence-electron chi connectivity index (χ0n) is 19.3. The highest BCUT2D eigenvalue weighted by molar-refractivity contribution is 7.89. The van der Waals surface area contributed by atoms with Crippen LogP contribution in [-0.2, 0) is 19.6 Å². The summed E-state index contributed by atoms with van der Waals surface area (Å²) in [6.07, 6.45) is 3.92. The van der Waals surface area contributed by atoms with Gasteiger partial charge in [-0.15, -0.1) is 0 Å². The summed E-state index contributed by atoms with van der Waals surface area (Å²) in [5.74, 6) is 0.0980. The fraction of sp³-hybridized carbons (Fsp3) is 0.652. The Kier molecular flexibility index (Phi) is 8.16. The van der Waals surface area contributed by atoms with Crippen LogP contribution in [0, 0.1) is 11.8 Å². The zero-order valence-corrected chi connectivity index (χ0v) is 20.1. The van der Waals surface area contributed by atoms with Crippen LogP contribution in [0.2, 0.25) is 0 Å². The van der Waals surface area contributed by atoms with Crippen LogP contribution in [0.3, 0.4) is 0 Å². The first-order valence-corrected chi connectivity index (χ1v) is 13.0. The molecule has 178 valence electrons. The lowest BCUT2D eigenvalue weighted by molar-refractivity contribution is -0.137. The fourth-order valence-corrected chi connectivity index (χ4v) is 5.81. The number of hydrogen-bond donors (Lipinski definition) is 1. The Hall–Kier alpha value is -2.13. The molecule has 9 heteroatoms. The normalized spacial score (nSPS) is 18.6. The molecule has 0 radical (unpaired) electrons. The van der Waals surface area contributed by atoms with Crippen molar-refractivity contribution in [2.75, 3.05) is 38.1 Å². The van der Waals surface area contributed by atoms with Gasteiger partial charge < -0.3 is 15.0 Å². The summed E-state index contributed by atoms with van der Waals surface area (Å²) in [7, 11) is -3.62. The van der Waals surface area contributed by atoms with Crippen molar-refractivity contribution in [3.05, 3.63) is 18.2 Å². The molecule has 1 N–H and O–H groups in total. The molecule has 8 nitrogen and oxygen atoms in total. The Labute approximate surface area is 191 Å². The summed E-state index contributed by atoms with van der Waals surface area (Å²) in [6, 6.07) is 4.66. The van der Waals surface area contributed by atoms with Crippen LogP contribution >= 0.6 is 0 Å². The molecule has 0 aliphatic carbocycles. The van der Waals surface area contributed by atoms with Crippen molar-refractivity contribution in [2.24, 2.45) is 11.8 Å². The average Bonchev–Trinajstić information content (AvgIpc) is 2.80. The third-order valence-electron chi connectivity index (χ3n) is 6.13. The van der Waals surface area contributed by atoms with E-state index in [1.807, 2.05) is 25.7 Å². The largest absolute Gasteiger partial charge is 0.492 e. The minimum Gasteiger partial charge on any atom is -0.492 e. The molecule has 1 aromatic rings. The summed E-state index contributed by atoms with van der Waals surface area (Å²) in [4.78, 5) is 27.1. The number of anilines is 1. The van der Waals surface area contributed by atoms with Gasteiger partial charge in [0.15, 0.2) is 0 Å². The minimum absolute atomic E-state index is 0.0567. The van der Waals surface area contributed by atoms with Crippen molar-refractivity contribution >= 4 is 27.5 Å². The molecule has 2 heterocycles. The van der Waals surface area contributed by atoms with Crippen LogP contribution in [0.4, 0.5) is 5.69 Å². The maximum atomic E-state index is 13.1. The van der Waals surface area contributed by atoms with Crippen molar-refractivity contribution < 1.29 is 22.7 Å². The second-order valence-electron chi connectivity index (χ2n) is 8.80. The summed E-state index contributed by atoms with van der Waals surface area (Å²) in [5, 5.41) is 2.90. The first-order valence-electron chi connectivity index (χ1n) is 11.6. The molecule has 2 saturated heterocycles. The quantitative estimate of drug-likeness (QED) is 0.668. The van der Waals surface area contributed by atoms with Gasteiger partial charge in [-0.25, -0.2) is 8.42 Å². The number of rotatable bonds is 7. The molecule has 0 atom stereocenters. The van der Waals surface area contributed by atoms with E-state index in [9.17, 15) is 18.0 Å². The molecule has 0 saturated carbocycles. The first-order chi connectivity index (χ1) is 15.2. The summed E-state index contributed by atoms with van der Waals surface area (Å²) < 4.78 is 33.3. The van der Waals surface area contributed by atoms with E-state index < -0.39 is 10.0 Å². The van der Waals surface area contributed by atoms with E-state index in [2.05, 4.69) is 5.32 Å². The Bertz CT molecular complexity index is 918. The SMILES string of the molecule is CCOc1ccc(S(=O)(=O)N2CCCCC2)cc1NC(=O)C1CCN(C(=O)C(C)C)CC1. The van der Waals surface area contributed by atoms with Gasteiger partial charge in [-0.1, -0.05) is 20.3 Å². The number of piperidine rings is 2. The standard InChI is InChI=1S/C23H35N3O5S/c1-4-31-21-9-8-19(32(29,30)26-12-6-5-7-13-26)16-20(21)24-22(27)18-10-14-25(15-11-18)23(28)17(2)3/h8-9,16-18H,4-7,10-15H2,1-3H3,(H,24,27). The molecule has 0 spiro atoms. The maximum Gasteiger partial charge on any atom is 0.243 e. The molecule has 2 aliphatic heterocycles. The average molecular weight is 466 g/mol. The number of likely N-dealkylation sites (tertiary alicyclic amines) is 1. The van der Waals surface area contributed by atoms with Crippen LogP contribution in [0.25, 0.3) is 0 Å². The van der Waals surface area contributed by atoms with Gasteiger partial charge in [0, 0.05) is 38.0 Å². The van der Waals surface area contributed by atoms with Gasteiger partial charge in [0.05, 0.1) is 17.2 Å². The van der Waals surface area contributed by atoms with E-state index in [0.29, 0.717) is 57.1 Å². The van der Waals surface area contributed by atoms with Gasteiger partial charge in [-0.2, -0.15) is 4.31 Å². The highest BCUT2D eigenvalue weighted by Crippen LogP contribution is 2.31. The minimum atomic E-state index is -3.62. The molecule has 32 heavy (non-hydrogen) atoms. The third-order valence-corrected chi connectivity index (χ3v) is 8.03. The van der Waals surface area contributed by atoms with Crippen LogP contribution in [0.15, 0.2) is 23.1 Å². The number of carbonyl (C=O) groups excluding carboxylic acids is 2. The van der Waals surface area contributed by atoms with Gasteiger partial charge >= 0.3 is 0 Å². The summed E-state index contributed by atoms with van der Waals surface area (Å²) in [5.41, 5.74) is 0.371. The maximum absolute atomic E-state index is 13.1. The van der Waals surface area contributed by atoms with E-state index in [1.165, 1.54) is 10.4 Å². The van der Waals surface area contributed by atoms with Crippen molar-refractivity contribution in [2.45, 2.75) is 57.8 Å². The van der Waals surface area contributed by atoms with Crippen molar-refractivity contribution in [1.82, 2.24) is 9.21 Å². The number of ether oxygens (including phenoxy) is 1. The van der Waals surface area contributed by atoms with E-state index in [1.54, 1.807) is 12.1 Å². The summed E-state index contributed by atoms with van der Waals surface area (Å²) in [6.45, 7) is 8.13. The lowest BCUT2D eigenvalue weighted by atomic mass is 9.95. The monoisotopic (exact) mass is 465 g/mol. The molecule has 2 fully saturated rings. The Balaban J connectivity index is 1.74. The van der Waals surface area contributed by atoms with E-state index in [0.717, 1.165) is 19.3 Å². The predicted molar refractivity (Wildman–Crippen MR) is 123 cm³/mol. The molecule has 0 unspecified atom stereocenters. The molecule has 2 aliphatic rings. The van der Waals surface area contributed by atoms with Crippen LogP contribution in [0.5, 0.6) is 5.75 Å². The Morgan fingerprint density at radius 2 is 1.75 bits per heavy atom. The number of nitrogens with zero attached hydrogens (tertiary/aromatic N) is 2. The molecule has 2 amide bonds. The second-order valence-corrected chi connectivity index (χ2v) is 10.7. The first kappa shape index (κ1) is 24.5. The van der Waals surface area contributed by atoms with Gasteiger partial charge in [-0.3, -0.25) is 9.59 Å². The number of hydrogen-bond acceptors (Lipinski definition) is 5. The lowest BCUT2D eigenvalue weighted by Crippen LogP contribution is -2.43. The van der Waals surface area contributed by atoms with E-state index in [4.69, 9.17) is 4.74 Å². The van der Waals surface area contributed by atoms with E-state index in [-0.39, 0.29) is 28.5 Å². The smallest absolute Gasteiger partial charge is 0.243 e. The van der Waals surface area contributed by atoms with Crippen LogP contribution in [-0.4, -0.2) is 62.2 Å². The topological polar surface area (TPSA) is 96.0 Å². The predicted octanol–water partition coefficient (Wildman–Crippen LogP) is 3.09. The third kappa shape index (κ3) is 5.61. The molecule has 3 rings (SSSR count). The number of amides is 2. The fourth-order valence-electron chi connectivity index (χ4n) is 4.26. The number of sulfonamides is 1. The molecule has 1 aromatic carbocycles. The number of nitrogens with one attached hydrogen (secondary N) is 1. The van der Waals surface area contributed by atoms with Crippen molar-refractivity contribution in [1.29, 1.82) is 0 Å². The number of benzene rings is 1. The molecular weight excluding hydrogens is 430 g/mol. The molecule has 0 bridgehead atoms. The van der Waals surface area contributed by atoms with E-state index >= 15 is 0 Å². The highest BCUT2D eigenvalue weighted by Gasteiger charge is 2.30. The highest BCUT2D eigenvalue weighted by atomic mass is 32.2.